The molecule has 1 aliphatic heterocycles. The van der Waals surface area contributed by atoms with Crippen molar-refractivity contribution in [1.82, 2.24) is 10.2 Å². The van der Waals surface area contributed by atoms with E-state index in [0.717, 1.165) is 11.1 Å². The Morgan fingerprint density at radius 3 is 1.86 bits per heavy atom. The zero-order chi connectivity index (χ0) is 19.9. The van der Waals surface area contributed by atoms with Crippen LogP contribution in [0.15, 0.2) is 60.7 Å². The van der Waals surface area contributed by atoms with Gasteiger partial charge in [0.25, 0.3) is 0 Å². The molecular weight excluding hydrogens is 352 g/mol. The highest BCUT2D eigenvalue weighted by atomic mass is 16.5. The number of benzene rings is 2. The lowest BCUT2D eigenvalue weighted by Gasteiger charge is -2.33. The molecule has 1 saturated heterocycles. The highest BCUT2D eigenvalue weighted by molar-refractivity contribution is 5.92. The van der Waals surface area contributed by atoms with Crippen LogP contribution in [0.5, 0.6) is 0 Å². The molecule has 3 rings (SSSR count). The molecule has 0 radical (unpaired) electrons. The summed E-state index contributed by atoms with van der Waals surface area (Å²) in [5.74, 6) is -0.656. The van der Waals surface area contributed by atoms with E-state index in [1.165, 1.54) is 0 Å². The Morgan fingerprint density at radius 1 is 0.893 bits per heavy atom. The van der Waals surface area contributed by atoms with E-state index in [4.69, 9.17) is 4.74 Å². The van der Waals surface area contributed by atoms with Gasteiger partial charge in [-0.05, 0) is 17.0 Å². The normalized spacial score (nSPS) is 15.5. The molecule has 0 unspecified atom stereocenters. The number of hydrogen-bond donors (Lipinski definition) is 1. The standard InChI is InChI=1S/C23H28N2O3/c1-17(2)21(23(27)25-13-15-28-16-14-25)24-22(26)20(18-9-5-3-6-10-18)19-11-7-4-8-12-19/h3-12,17,20-21H,13-16H2,1-2H3,(H,24,26)/t21-/m0/s1. The number of amides is 2. The van der Waals surface area contributed by atoms with E-state index in [1.807, 2.05) is 74.5 Å². The smallest absolute Gasteiger partial charge is 0.245 e. The second-order valence-corrected chi connectivity index (χ2v) is 7.42. The Kier molecular flexibility index (Phi) is 6.82. The Morgan fingerprint density at radius 2 is 1.39 bits per heavy atom. The Balaban J connectivity index is 1.84. The van der Waals surface area contributed by atoms with Crippen molar-refractivity contribution < 1.29 is 14.3 Å². The van der Waals surface area contributed by atoms with E-state index < -0.39 is 12.0 Å². The number of rotatable bonds is 6. The van der Waals surface area contributed by atoms with Gasteiger partial charge in [0.2, 0.25) is 11.8 Å². The van der Waals surface area contributed by atoms with Crippen molar-refractivity contribution >= 4 is 11.8 Å². The zero-order valence-corrected chi connectivity index (χ0v) is 16.5. The fraction of sp³-hybridized carbons (Fsp3) is 0.391. The molecule has 1 atom stereocenters. The molecule has 5 heteroatoms. The summed E-state index contributed by atoms with van der Waals surface area (Å²) in [7, 11) is 0. The Bertz CT molecular complexity index is 731. The van der Waals surface area contributed by atoms with Crippen molar-refractivity contribution in [3.8, 4) is 0 Å². The van der Waals surface area contributed by atoms with Crippen molar-refractivity contribution in [2.45, 2.75) is 25.8 Å². The maximum absolute atomic E-state index is 13.3. The largest absolute Gasteiger partial charge is 0.378 e. The van der Waals surface area contributed by atoms with Crippen molar-refractivity contribution in [2.24, 2.45) is 5.92 Å². The fourth-order valence-electron chi connectivity index (χ4n) is 3.52. The van der Waals surface area contributed by atoms with Gasteiger partial charge in [0, 0.05) is 13.1 Å². The molecule has 1 heterocycles. The lowest BCUT2D eigenvalue weighted by molar-refractivity contribution is -0.141. The molecule has 1 N–H and O–H groups in total. The van der Waals surface area contributed by atoms with E-state index in [-0.39, 0.29) is 17.7 Å². The number of nitrogens with one attached hydrogen (secondary N) is 1. The summed E-state index contributed by atoms with van der Waals surface area (Å²) in [6.45, 7) is 6.15. The van der Waals surface area contributed by atoms with Crippen LogP contribution in [0.4, 0.5) is 0 Å². The third kappa shape index (κ3) is 4.78. The van der Waals surface area contributed by atoms with Crippen molar-refractivity contribution in [1.29, 1.82) is 0 Å². The number of ether oxygens (including phenoxy) is 1. The van der Waals surface area contributed by atoms with Gasteiger partial charge in [-0.3, -0.25) is 9.59 Å². The van der Waals surface area contributed by atoms with Gasteiger partial charge in [-0.15, -0.1) is 0 Å². The average Bonchev–Trinajstić information content (AvgIpc) is 2.74. The second kappa shape index (κ2) is 9.51. The molecule has 1 fully saturated rings. The summed E-state index contributed by atoms with van der Waals surface area (Å²) in [4.78, 5) is 28.2. The van der Waals surface area contributed by atoms with E-state index >= 15 is 0 Å². The van der Waals surface area contributed by atoms with Crippen LogP contribution in [0.25, 0.3) is 0 Å². The van der Waals surface area contributed by atoms with Crippen LogP contribution in [0.3, 0.4) is 0 Å². The lowest BCUT2D eigenvalue weighted by atomic mass is 9.89. The number of carbonyl (C=O) groups excluding carboxylic acids is 2. The van der Waals surface area contributed by atoms with E-state index in [9.17, 15) is 9.59 Å². The molecule has 148 valence electrons. The first-order valence-electron chi connectivity index (χ1n) is 9.84. The summed E-state index contributed by atoms with van der Waals surface area (Å²) in [6, 6.07) is 18.8. The van der Waals surface area contributed by atoms with Crippen molar-refractivity contribution in [3.05, 3.63) is 71.8 Å². The predicted molar refractivity (Wildman–Crippen MR) is 109 cm³/mol. The van der Waals surface area contributed by atoms with Gasteiger partial charge in [0.05, 0.1) is 19.1 Å². The Hall–Kier alpha value is -2.66. The van der Waals surface area contributed by atoms with Gasteiger partial charge < -0.3 is 15.0 Å². The summed E-state index contributed by atoms with van der Waals surface area (Å²) < 4.78 is 5.34. The number of morpholine rings is 1. The van der Waals surface area contributed by atoms with Crippen LogP contribution in [-0.4, -0.2) is 49.1 Å². The molecule has 1 aliphatic rings. The van der Waals surface area contributed by atoms with Gasteiger partial charge in [0.1, 0.15) is 6.04 Å². The quantitative estimate of drug-likeness (QED) is 0.838. The van der Waals surface area contributed by atoms with E-state index in [0.29, 0.717) is 26.3 Å². The minimum Gasteiger partial charge on any atom is -0.378 e. The third-order valence-corrected chi connectivity index (χ3v) is 5.08. The van der Waals surface area contributed by atoms with Gasteiger partial charge in [0.15, 0.2) is 0 Å². The molecule has 28 heavy (non-hydrogen) atoms. The van der Waals surface area contributed by atoms with Crippen LogP contribution < -0.4 is 5.32 Å². The maximum Gasteiger partial charge on any atom is 0.245 e. The molecular formula is C23H28N2O3. The lowest BCUT2D eigenvalue weighted by Crippen LogP contribution is -2.54. The predicted octanol–water partition coefficient (Wildman–Crippen LogP) is 2.82. The summed E-state index contributed by atoms with van der Waals surface area (Å²) in [6.07, 6.45) is 0. The zero-order valence-electron chi connectivity index (χ0n) is 16.5. The Labute approximate surface area is 166 Å². The number of hydrogen-bond acceptors (Lipinski definition) is 3. The van der Waals surface area contributed by atoms with Crippen LogP contribution in [0.1, 0.15) is 30.9 Å². The van der Waals surface area contributed by atoms with Gasteiger partial charge in [-0.2, -0.15) is 0 Å². The highest BCUT2D eigenvalue weighted by Crippen LogP contribution is 2.25. The summed E-state index contributed by atoms with van der Waals surface area (Å²) >= 11 is 0. The molecule has 2 aromatic rings. The molecule has 2 amide bonds. The number of nitrogens with zero attached hydrogens (tertiary/aromatic N) is 1. The molecule has 0 bridgehead atoms. The summed E-state index contributed by atoms with van der Waals surface area (Å²) in [5, 5.41) is 3.04. The molecule has 5 nitrogen and oxygen atoms in total. The summed E-state index contributed by atoms with van der Waals surface area (Å²) in [5.41, 5.74) is 1.82. The monoisotopic (exact) mass is 380 g/mol. The van der Waals surface area contributed by atoms with Gasteiger partial charge >= 0.3 is 0 Å². The van der Waals surface area contributed by atoms with Gasteiger partial charge in [-0.25, -0.2) is 0 Å². The van der Waals surface area contributed by atoms with E-state index in [1.54, 1.807) is 4.90 Å². The number of carbonyl (C=O) groups is 2. The molecule has 2 aromatic carbocycles. The molecule has 0 aromatic heterocycles. The average molecular weight is 380 g/mol. The molecule has 0 saturated carbocycles. The first-order valence-corrected chi connectivity index (χ1v) is 9.84. The van der Waals surface area contributed by atoms with Crippen molar-refractivity contribution in [3.63, 3.8) is 0 Å². The highest BCUT2D eigenvalue weighted by Gasteiger charge is 2.32. The van der Waals surface area contributed by atoms with Crippen LogP contribution in [-0.2, 0) is 14.3 Å². The van der Waals surface area contributed by atoms with Gasteiger partial charge in [-0.1, -0.05) is 74.5 Å². The minimum atomic E-state index is -0.555. The minimum absolute atomic E-state index is 0.00788. The molecule has 0 spiro atoms. The fourth-order valence-corrected chi connectivity index (χ4v) is 3.52. The topological polar surface area (TPSA) is 58.6 Å². The van der Waals surface area contributed by atoms with Crippen LogP contribution in [0, 0.1) is 5.92 Å². The molecule has 0 aliphatic carbocycles. The van der Waals surface area contributed by atoms with E-state index in [2.05, 4.69) is 5.32 Å². The van der Waals surface area contributed by atoms with Crippen LogP contribution in [0.2, 0.25) is 0 Å². The third-order valence-electron chi connectivity index (χ3n) is 5.08. The first kappa shape index (κ1) is 20.1. The van der Waals surface area contributed by atoms with Crippen molar-refractivity contribution in [2.75, 3.05) is 26.3 Å². The SMILES string of the molecule is CC(C)[C@H](NC(=O)C(c1ccccc1)c1ccccc1)C(=O)N1CCOCC1. The second-order valence-electron chi connectivity index (χ2n) is 7.42. The first-order chi connectivity index (χ1) is 13.6. The van der Waals surface area contributed by atoms with Crippen LogP contribution >= 0.6 is 0 Å². The maximum atomic E-state index is 13.3.